The number of hydrogen-bond donors (Lipinski definition) is 6. The van der Waals surface area contributed by atoms with Crippen molar-refractivity contribution in [3.05, 3.63) is 0 Å². The van der Waals surface area contributed by atoms with E-state index in [0.717, 1.165) is 0 Å². The van der Waals surface area contributed by atoms with Gasteiger partial charge in [-0.05, 0) is 12.8 Å². The highest BCUT2D eigenvalue weighted by Gasteiger charge is 2.42. The van der Waals surface area contributed by atoms with Gasteiger partial charge in [-0.2, -0.15) is 0 Å². The van der Waals surface area contributed by atoms with E-state index in [4.69, 9.17) is 29.9 Å². The second-order valence-corrected chi connectivity index (χ2v) is 7.38. The van der Waals surface area contributed by atoms with Gasteiger partial charge in [-0.1, -0.05) is 19.3 Å². The van der Waals surface area contributed by atoms with E-state index >= 15 is 0 Å². The molecule has 0 aromatic carbocycles. The van der Waals surface area contributed by atoms with E-state index in [-0.39, 0.29) is 13.2 Å². The third-order valence-corrected chi connectivity index (χ3v) is 4.37. The molecule has 0 heterocycles. The van der Waals surface area contributed by atoms with Gasteiger partial charge in [0.15, 0.2) is 11.2 Å². The summed E-state index contributed by atoms with van der Waals surface area (Å²) in [6.45, 7) is -0.151. The molecular formula is C19H28O14. The Bertz CT molecular complexity index is 672. The molecule has 0 saturated carbocycles. The summed E-state index contributed by atoms with van der Waals surface area (Å²) >= 11 is 0. The van der Waals surface area contributed by atoms with E-state index < -0.39 is 72.7 Å². The maximum absolute atomic E-state index is 11.6. The van der Waals surface area contributed by atoms with Gasteiger partial charge in [-0.3, -0.25) is 19.2 Å². The molecule has 6 N–H and O–H groups in total. The highest BCUT2D eigenvalue weighted by molar-refractivity contribution is 5.89. The number of carboxylic acids is 4. The van der Waals surface area contributed by atoms with Crippen LogP contribution in [-0.4, -0.2) is 90.9 Å². The number of carboxylic acid groups (broad SMARTS) is 4. The molecule has 0 saturated heterocycles. The zero-order valence-corrected chi connectivity index (χ0v) is 17.7. The minimum Gasteiger partial charge on any atom is -0.481 e. The van der Waals surface area contributed by atoms with Crippen molar-refractivity contribution in [2.75, 3.05) is 13.2 Å². The van der Waals surface area contributed by atoms with Crippen molar-refractivity contribution in [1.29, 1.82) is 0 Å². The third-order valence-electron chi connectivity index (χ3n) is 4.37. The van der Waals surface area contributed by atoms with E-state index in [1.807, 2.05) is 0 Å². The first-order valence-corrected chi connectivity index (χ1v) is 9.88. The molecule has 0 aromatic rings. The van der Waals surface area contributed by atoms with Crippen LogP contribution in [0.5, 0.6) is 0 Å². The van der Waals surface area contributed by atoms with Gasteiger partial charge < -0.3 is 40.1 Å². The van der Waals surface area contributed by atoms with Crippen molar-refractivity contribution in [3.8, 4) is 0 Å². The van der Waals surface area contributed by atoms with Crippen molar-refractivity contribution < 1.29 is 68.9 Å². The molecule has 0 fully saturated rings. The number of hydrogen-bond acceptors (Lipinski definition) is 10. The Morgan fingerprint density at radius 3 is 1.09 bits per heavy atom. The molecule has 2 unspecified atom stereocenters. The van der Waals surface area contributed by atoms with E-state index in [1.165, 1.54) is 0 Å². The summed E-state index contributed by atoms with van der Waals surface area (Å²) in [5, 5.41) is 54.5. The Morgan fingerprint density at radius 1 is 0.515 bits per heavy atom. The number of carbonyl (C=O) groups is 6. The quantitative estimate of drug-likeness (QED) is 0.106. The van der Waals surface area contributed by atoms with Crippen molar-refractivity contribution in [3.63, 3.8) is 0 Å². The normalized spacial score (nSPS) is 14.4. The van der Waals surface area contributed by atoms with Crippen molar-refractivity contribution in [2.45, 2.75) is 69.0 Å². The highest BCUT2D eigenvalue weighted by atomic mass is 16.5. The SMILES string of the molecule is O=C(O)CC(O)(CC(=O)OCCCCCCCOC(=O)CC(O)(CC(=O)O)C(=O)O)C(=O)O. The molecule has 14 nitrogen and oxygen atoms in total. The van der Waals surface area contributed by atoms with Crippen LogP contribution in [0.15, 0.2) is 0 Å². The molecule has 188 valence electrons. The number of unbranched alkanes of at least 4 members (excludes halogenated alkanes) is 4. The topological polar surface area (TPSA) is 242 Å². The summed E-state index contributed by atoms with van der Waals surface area (Å²) in [7, 11) is 0. The minimum absolute atomic E-state index is 0.0755. The minimum atomic E-state index is -2.76. The van der Waals surface area contributed by atoms with Crippen LogP contribution in [0.25, 0.3) is 0 Å². The second kappa shape index (κ2) is 14.0. The summed E-state index contributed by atoms with van der Waals surface area (Å²) in [5.74, 6) is -8.99. The third kappa shape index (κ3) is 12.4. The molecule has 0 rings (SSSR count). The Kier molecular flexibility index (Phi) is 12.6. The van der Waals surface area contributed by atoms with Crippen LogP contribution in [0.2, 0.25) is 0 Å². The largest absolute Gasteiger partial charge is 0.481 e. The summed E-state index contributed by atoms with van der Waals surface area (Å²) < 4.78 is 9.57. The smallest absolute Gasteiger partial charge is 0.336 e. The predicted molar refractivity (Wildman–Crippen MR) is 104 cm³/mol. The molecule has 0 spiro atoms. The number of aliphatic carboxylic acids is 4. The average molecular weight is 480 g/mol. The molecular weight excluding hydrogens is 452 g/mol. The van der Waals surface area contributed by atoms with Gasteiger partial charge >= 0.3 is 35.8 Å². The lowest BCUT2D eigenvalue weighted by Gasteiger charge is -2.20. The Morgan fingerprint density at radius 2 is 0.818 bits per heavy atom. The van der Waals surface area contributed by atoms with Gasteiger partial charge in [0, 0.05) is 0 Å². The summed E-state index contributed by atoms with van der Waals surface area (Å²) in [6.07, 6.45) is -1.74. The lowest BCUT2D eigenvalue weighted by atomic mass is 9.96. The molecule has 0 aromatic heterocycles. The fourth-order valence-corrected chi connectivity index (χ4v) is 2.61. The lowest BCUT2D eigenvalue weighted by Crippen LogP contribution is -2.43. The molecule has 2 atom stereocenters. The number of carbonyl (C=O) groups excluding carboxylic acids is 2. The number of ether oxygens (including phenoxy) is 2. The van der Waals surface area contributed by atoms with Crippen LogP contribution in [0.3, 0.4) is 0 Å². The standard InChI is InChI=1S/C19H28O14/c20-12(21)8-18(30,16(26)27)10-14(24)32-6-4-2-1-3-5-7-33-15(25)11-19(31,17(28)29)9-13(22)23/h30-31H,1-11H2,(H,20,21)(H,22,23)(H,26,27)(H,28,29). The molecule has 0 aliphatic rings. The van der Waals surface area contributed by atoms with Crippen molar-refractivity contribution >= 4 is 35.8 Å². The highest BCUT2D eigenvalue weighted by Crippen LogP contribution is 2.18. The van der Waals surface area contributed by atoms with Gasteiger partial charge in [-0.15, -0.1) is 0 Å². The van der Waals surface area contributed by atoms with Crippen molar-refractivity contribution in [2.24, 2.45) is 0 Å². The van der Waals surface area contributed by atoms with Crippen LogP contribution in [0.4, 0.5) is 0 Å². The van der Waals surface area contributed by atoms with Crippen LogP contribution in [0, 0.1) is 0 Å². The van der Waals surface area contributed by atoms with Gasteiger partial charge in [0.2, 0.25) is 0 Å². The molecule has 0 bridgehead atoms. The summed E-state index contributed by atoms with van der Waals surface area (Å²) in [6, 6.07) is 0. The molecule has 0 radical (unpaired) electrons. The summed E-state index contributed by atoms with van der Waals surface area (Å²) in [5.41, 5.74) is -5.51. The van der Waals surface area contributed by atoms with Crippen molar-refractivity contribution in [1.82, 2.24) is 0 Å². The van der Waals surface area contributed by atoms with Crippen LogP contribution in [0.1, 0.15) is 57.8 Å². The lowest BCUT2D eigenvalue weighted by molar-refractivity contribution is -0.172. The van der Waals surface area contributed by atoms with Crippen LogP contribution < -0.4 is 0 Å². The Hall–Kier alpha value is -3.26. The van der Waals surface area contributed by atoms with Crippen LogP contribution >= 0.6 is 0 Å². The number of esters is 2. The van der Waals surface area contributed by atoms with E-state index in [1.54, 1.807) is 0 Å². The predicted octanol–water partition coefficient (Wildman–Crippen LogP) is -0.616. The fraction of sp³-hybridized carbons (Fsp3) is 0.684. The average Bonchev–Trinajstić information content (AvgIpc) is 2.64. The zero-order chi connectivity index (χ0) is 25.7. The molecule has 0 aliphatic carbocycles. The van der Waals surface area contributed by atoms with E-state index in [0.29, 0.717) is 32.1 Å². The first-order valence-electron chi connectivity index (χ1n) is 9.88. The molecule has 0 amide bonds. The van der Waals surface area contributed by atoms with Gasteiger partial charge in [-0.25, -0.2) is 9.59 Å². The first-order chi connectivity index (χ1) is 15.2. The van der Waals surface area contributed by atoms with E-state index in [9.17, 15) is 39.0 Å². The Balaban J connectivity index is 4.02. The van der Waals surface area contributed by atoms with Gasteiger partial charge in [0.25, 0.3) is 0 Å². The van der Waals surface area contributed by atoms with E-state index in [2.05, 4.69) is 0 Å². The summed E-state index contributed by atoms with van der Waals surface area (Å²) in [4.78, 5) is 66.4. The Labute approximate surface area is 187 Å². The fourth-order valence-electron chi connectivity index (χ4n) is 2.61. The monoisotopic (exact) mass is 480 g/mol. The zero-order valence-electron chi connectivity index (χ0n) is 17.7. The number of aliphatic hydroxyl groups is 2. The molecule has 0 aliphatic heterocycles. The maximum atomic E-state index is 11.6. The first kappa shape index (κ1) is 29.7. The number of rotatable bonds is 18. The van der Waals surface area contributed by atoms with Gasteiger partial charge in [0.1, 0.15) is 0 Å². The molecule has 33 heavy (non-hydrogen) atoms. The second-order valence-electron chi connectivity index (χ2n) is 7.38. The maximum Gasteiger partial charge on any atom is 0.336 e. The van der Waals surface area contributed by atoms with Gasteiger partial charge in [0.05, 0.1) is 38.9 Å². The van der Waals surface area contributed by atoms with Crippen LogP contribution in [-0.2, 0) is 38.2 Å². The molecule has 14 heteroatoms.